The maximum absolute atomic E-state index is 5.76. The smallest absolute Gasteiger partial charge is 0.119 e. The fraction of sp³-hybridized carbons (Fsp3) is 0.478. The number of nitrogens with two attached hydrogens (primary N) is 1. The third-order valence-corrected chi connectivity index (χ3v) is 4.81. The van der Waals surface area contributed by atoms with Gasteiger partial charge >= 0.3 is 0 Å². The predicted molar refractivity (Wildman–Crippen MR) is 106 cm³/mol. The molecule has 0 amide bonds. The molecule has 0 saturated carbocycles. The van der Waals surface area contributed by atoms with Crippen LogP contribution in [0.1, 0.15) is 64.1 Å². The average molecular weight is 341 g/mol. The Morgan fingerprint density at radius 1 is 0.800 bits per heavy atom. The summed E-state index contributed by atoms with van der Waals surface area (Å²) in [5, 5.41) is 2.46. The lowest BCUT2D eigenvalue weighted by atomic mass is 9.85. The second kappa shape index (κ2) is 9.62. The highest BCUT2D eigenvalue weighted by molar-refractivity contribution is 5.30. The molecule has 0 saturated heterocycles. The number of ether oxygens (including phenoxy) is 1. The molecule has 2 atom stereocenters. The topological polar surface area (TPSA) is 25.8 Å². The van der Waals surface area contributed by atoms with Gasteiger partial charge in [0.2, 0.25) is 0 Å². The van der Waals surface area contributed by atoms with Crippen LogP contribution in [0, 0.1) is 5.92 Å². The third kappa shape index (κ3) is 6.21. The van der Waals surface area contributed by atoms with E-state index >= 15 is 0 Å². The van der Waals surface area contributed by atoms with E-state index in [0.29, 0.717) is 17.9 Å². The first-order valence-corrected chi connectivity index (χ1v) is 9.62. The molecule has 2 heteroatoms. The number of benzene rings is 2. The van der Waals surface area contributed by atoms with Crippen molar-refractivity contribution in [2.45, 2.75) is 59.1 Å². The van der Waals surface area contributed by atoms with Crippen molar-refractivity contribution in [3.8, 4) is 5.75 Å². The summed E-state index contributed by atoms with van der Waals surface area (Å²) >= 11 is 0. The van der Waals surface area contributed by atoms with E-state index < -0.39 is 0 Å². The number of hydrogen-bond donors (Lipinski definition) is 1. The van der Waals surface area contributed by atoms with E-state index in [-0.39, 0.29) is 6.10 Å². The summed E-state index contributed by atoms with van der Waals surface area (Å²) in [6.07, 6.45) is 1.42. The van der Waals surface area contributed by atoms with E-state index in [9.17, 15) is 0 Å². The van der Waals surface area contributed by atoms with Crippen molar-refractivity contribution in [1.82, 2.24) is 0 Å². The zero-order chi connectivity index (χ0) is 18.2. The van der Waals surface area contributed by atoms with E-state index in [0.717, 1.165) is 12.3 Å². The Kier molecular flexibility index (Phi) is 7.52. The predicted octanol–water partition coefficient (Wildman–Crippen LogP) is 4.93. The minimum Gasteiger partial charge on any atom is -0.491 e. The second-order valence-electron chi connectivity index (χ2n) is 7.60. The molecule has 0 aliphatic rings. The number of rotatable bonds is 9. The van der Waals surface area contributed by atoms with Gasteiger partial charge in [-0.1, -0.05) is 56.3 Å². The fourth-order valence-corrected chi connectivity index (χ4v) is 3.37. The van der Waals surface area contributed by atoms with Gasteiger partial charge in [0.05, 0.1) is 12.6 Å². The van der Waals surface area contributed by atoms with E-state index in [1.165, 1.54) is 17.5 Å². The Morgan fingerprint density at radius 2 is 1.44 bits per heavy atom. The zero-order valence-electron chi connectivity index (χ0n) is 16.4. The molecule has 0 bridgehead atoms. The van der Waals surface area contributed by atoms with Crippen molar-refractivity contribution < 1.29 is 10.1 Å². The van der Waals surface area contributed by atoms with Gasteiger partial charge in [-0.2, -0.15) is 0 Å². The fourth-order valence-electron chi connectivity index (χ4n) is 3.37. The van der Waals surface area contributed by atoms with Crippen LogP contribution in [0.3, 0.4) is 0 Å². The molecule has 2 aromatic carbocycles. The first-order valence-electron chi connectivity index (χ1n) is 9.62. The summed E-state index contributed by atoms with van der Waals surface area (Å²) in [4.78, 5) is 0. The summed E-state index contributed by atoms with van der Waals surface area (Å²) < 4.78 is 5.76. The lowest BCUT2D eigenvalue weighted by Crippen LogP contribution is -2.84. The van der Waals surface area contributed by atoms with Gasteiger partial charge in [0.25, 0.3) is 0 Å². The first kappa shape index (κ1) is 19.5. The van der Waals surface area contributed by atoms with Crippen molar-refractivity contribution in [2.24, 2.45) is 5.92 Å². The SMILES string of the molecule is CC(C)Oc1ccc([C@H](CC[NH2+][C@@H](C)c2ccccc2)C(C)C)cc1. The maximum atomic E-state index is 5.76. The van der Waals surface area contributed by atoms with Crippen LogP contribution in [0.25, 0.3) is 0 Å². The molecule has 2 aromatic rings. The van der Waals surface area contributed by atoms with Crippen LogP contribution in [-0.4, -0.2) is 12.6 Å². The first-order chi connectivity index (χ1) is 12.0. The Morgan fingerprint density at radius 3 is 2.00 bits per heavy atom. The van der Waals surface area contributed by atoms with E-state index in [4.69, 9.17) is 4.74 Å². The average Bonchev–Trinajstić information content (AvgIpc) is 2.59. The molecule has 0 aliphatic carbocycles. The van der Waals surface area contributed by atoms with Crippen LogP contribution >= 0.6 is 0 Å². The molecular formula is C23H34NO+. The minimum absolute atomic E-state index is 0.223. The van der Waals surface area contributed by atoms with Crippen molar-refractivity contribution >= 4 is 0 Å². The summed E-state index contributed by atoms with van der Waals surface area (Å²) in [6, 6.07) is 20.0. The molecule has 0 spiro atoms. The molecule has 0 aromatic heterocycles. The lowest BCUT2D eigenvalue weighted by Gasteiger charge is -2.22. The monoisotopic (exact) mass is 340 g/mol. The van der Waals surface area contributed by atoms with Gasteiger partial charge < -0.3 is 10.1 Å². The zero-order valence-corrected chi connectivity index (χ0v) is 16.4. The van der Waals surface area contributed by atoms with Crippen LogP contribution in [0.15, 0.2) is 54.6 Å². The van der Waals surface area contributed by atoms with Crippen molar-refractivity contribution in [3.05, 3.63) is 65.7 Å². The van der Waals surface area contributed by atoms with Crippen LogP contribution in [0.5, 0.6) is 5.75 Å². The molecular weight excluding hydrogens is 306 g/mol. The van der Waals surface area contributed by atoms with E-state index in [1.54, 1.807) is 0 Å². The van der Waals surface area contributed by atoms with Gasteiger partial charge in [-0.05, 0) is 50.3 Å². The molecule has 0 fully saturated rings. The molecule has 0 radical (unpaired) electrons. The van der Waals surface area contributed by atoms with Crippen molar-refractivity contribution in [1.29, 1.82) is 0 Å². The van der Waals surface area contributed by atoms with Gasteiger partial charge in [0.1, 0.15) is 11.8 Å². The molecule has 0 heterocycles. The molecule has 0 unspecified atom stereocenters. The Balaban J connectivity index is 1.92. The van der Waals surface area contributed by atoms with Gasteiger partial charge in [-0.15, -0.1) is 0 Å². The summed E-state index contributed by atoms with van der Waals surface area (Å²) in [7, 11) is 0. The van der Waals surface area contributed by atoms with Crippen LogP contribution < -0.4 is 10.1 Å². The molecule has 25 heavy (non-hydrogen) atoms. The van der Waals surface area contributed by atoms with Crippen LogP contribution in [0.4, 0.5) is 0 Å². The molecule has 136 valence electrons. The summed E-state index contributed by atoms with van der Waals surface area (Å²) in [5.74, 6) is 2.19. The quantitative estimate of drug-likeness (QED) is 0.688. The maximum Gasteiger partial charge on any atom is 0.119 e. The van der Waals surface area contributed by atoms with Crippen molar-refractivity contribution in [3.63, 3.8) is 0 Å². The van der Waals surface area contributed by atoms with Crippen molar-refractivity contribution in [2.75, 3.05) is 6.54 Å². The van der Waals surface area contributed by atoms with Gasteiger partial charge in [-0.25, -0.2) is 0 Å². The largest absolute Gasteiger partial charge is 0.491 e. The minimum atomic E-state index is 0.223. The standard InChI is InChI=1S/C23H33NO/c1-17(2)23(21-11-13-22(14-12-21)25-18(3)4)15-16-24-19(5)20-9-7-6-8-10-20/h6-14,17-19,23-24H,15-16H2,1-5H3/p+1/t19-,23+/m0/s1. The molecule has 2 N–H and O–H groups in total. The van der Waals surface area contributed by atoms with Gasteiger partial charge in [0, 0.05) is 12.0 Å². The number of quaternary nitrogens is 1. The van der Waals surface area contributed by atoms with E-state index in [2.05, 4.69) is 94.5 Å². The molecule has 0 aliphatic heterocycles. The lowest BCUT2D eigenvalue weighted by molar-refractivity contribution is -0.693. The highest BCUT2D eigenvalue weighted by Crippen LogP contribution is 2.29. The van der Waals surface area contributed by atoms with Crippen LogP contribution in [0.2, 0.25) is 0 Å². The Hall–Kier alpha value is -1.80. The number of hydrogen-bond acceptors (Lipinski definition) is 1. The van der Waals surface area contributed by atoms with Crippen LogP contribution in [-0.2, 0) is 0 Å². The summed E-state index contributed by atoms with van der Waals surface area (Å²) in [5.41, 5.74) is 2.82. The molecule has 2 nitrogen and oxygen atoms in total. The normalized spacial score (nSPS) is 13.9. The summed E-state index contributed by atoms with van der Waals surface area (Å²) in [6.45, 7) is 12.2. The second-order valence-corrected chi connectivity index (χ2v) is 7.60. The highest BCUT2D eigenvalue weighted by Gasteiger charge is 2.18. The molecule has 2 rings (SSSR count). The van der Waals surface area contributed by atoms with E-state index in [1.807, 2.05) is 0 Å². The Labute approximate surface area is 153 Å². The van der Waals surface area contributed by atoms with Gasteiger partial charge in [0.15, 0.2) is 0 Å². The Bertz CT molecular complexity index is 604. The highest BCUT2D eigenvalue weighted by atomic mass is 16.5. The third-order valence-electron chi connectivity index (χ3n) is 4.81. The van der Waals surface area contributed by atoms with Gasteiger partial charge in [-0.3, -0.25) is 0 Å².